The Labute approximate surface area is 89.3 Å². The summed E-state index contributed by atoms with van der Waals surface area (Å²) in [5.74, 6) is -0.981. The Morgan fingerprint density at radius 1 is 1.50 bits per heavy atom. The Kier molecular flexibility index (Phi) is 17.1. The van der Waals surface area contributed by atoms with E-state index in [4.69, 9.17) is 0 Å². The van der Waals surface area contributed by atoms with Crippen LogP contribution in [0, 0.1) is 0 Å². The first-order valence-corrected chi connectivity index (χ1v) is 1.68. The number of hydrogen-bond donors (Lipinski definition) is 1. The van der Waals surface area contributed by atoms with Crippen LogP contribution in [-0.2, 0) is 0 Å². The molecule has 0 aromatic rings. The van der Waals surface area contributed by atoms with E-state index < -0.39 is 13.2 Å². The van der Waals surface area contributed by atoms with Crippen molar-refractivity contribution in [1.82, 2.24) is 0 Å². The van der Waals surface area contributed by atoms with Gasteiger partial charge in [-0.2, -0.15) is 0 Å². The fourth-order valence-electron chi connectivity index (χ4n) is 0. The number of hydrogen-bond acceptors (Lipinski definition) is 1. The first kappa shape index (κ1) is 16.2. The van der Waals surface area contributed by atoms with Crippen molar-refractivity contribution in [3.63, 3.8) is 0 Å². The summed E-state index contributed by atoms with van der Waals surface area (Å²) in [5.41, 5.74) is 4.69. The second-order valence-electron chi connectivity index (χ2n) is 1.19. The number of rotatable bonds is 1. The van der Waals surface area contributed by atoms with Crippen LogP contribution in [0.15, 0.2) is 0 Å². The molecule has 0 aliphatic heterocycles. The van der Waals surface area contributed by atoms with Gasteiger partial charge < -0.3 is 10.4 Å². The minimum absolute atomic E-state index is 0. The molecular formula is C2H6BF3KN. The normalized spacial score (nSPS) is 10.5. The van der Waals surface area contributed by atoms with Crippen molar-refractivity contribution < 1.29 is 64.7 Å². The Hall–Kier alpha value is 1.45. The first-order chi connectivity index (χ1) is 2.64. The Balaban J connectivity index is -0.000000125. The Morgan fingerprint density at radius 3 is 1.62 bits per heavy atom. The molecule has 6 heteroatoms. The molecule has 0 aromatic heterocycles. The van der Waals surface area contributed by atoms with Gasteiger partial charge in [0.2, 0.25) is 0 Å². The van der Waals surface area contributed by atoms with E-state index in [1.54, 1.807) is 0 Å². The molecule has 44 valence electrons. The molecule has 1 unspecified atom stereocenters. The van der Waals surface area contributed by atoms with Crippen LogP contribution in [0.2, 0.25) is 0 Å². The quantitative estimate of drug-likeness (QED) is 0.371. The molecule has 0 spiro atoms. The van der Waals surface area contributed by atoms with Crippen LogP contribution in [0.4, 0.5) is 8.63 Å². The summed E-state index contributed by atoms with van der Waals surface area (Å²) in [4.78, 5) is 0. The van der Waals surface area contributed by atoms with Crippen LogP contribution in [0.5, 0.6) is 0 Å². The van der Waals surface area contributed by atoms with Crippen LogP contribution < -0.4 is 61.8 Å². The van der Waals surface area contributed by atoms with Crippen molar-refractivity contribution in [1.29, 1.82) is 0 Å². The molecule has 0 rings (SSSR count). The van der Waals surface area contributed by atoms with Gasteiger partial charge in [0.1, 0.15) is 0 Å². The average molecular weight is 151 g/mol. The maximum Gasteiger partial charge on any atom is 1.00 e. The van der Waals surface area contributed by atoms with E-state index in [-0.39, 0.29) is 56.1 Å². The van der Waals surface area contributed by atoms with E-state index in [2.05, 4.69) is 5.73 Å². The van der Waals surface area contributed by atoms with Gasteiger partial charge in [0.25, 0.3) is 0 Å². The van der Waals surface area contributed by atoms with Crippen LogP contribution in [0.25, 0.3) is 0 Å². The molecule has 0 aliphatic rings. The second-order valence-corrected chi connectivity index (χ2v) is 1.19. The van der Waals surface area contributed by atoms with E-state index in [9.17, 15) is 8.63 Å². The van der Waals surface area contributed by atoms with Crippen LogP contribution in [-0.4, -0.2) is 13.2 Å². The summed E-state index contributed by atoms with van der Waals surface area (Å²) >= 11 is 0. The van der Waals surface area contributed by atoms with Gasteiger partial charge in [-0.15, -0.1) is 0 Å². The third kappa shape index (κ3) is 10.4. The minimum atomic E-state index is -2.37. The number of nitrogens with two attached hydrogens (primary N) is 1. The number of halogens is 3. The minimum Gasteiger partial charge on any atom is -1.00 e. The van der Waals surface area contributed by atoms with E-state index in [1.807, 2.05) is 0 Å². The van der Waals surface area contributed by atoms with Gasteiger partial charge in [-0.05, 0) is 0 Å². The van der Waals surface area contributed by atoms with Crippen molar-refractivity contribution in [2.75, 3.05) is 0 Å². The molecule has 0 fully saturated rings. The Morgan fingerprint density at radius 2 is 1.62 bits per heavy atom. The largest absolute Gasteiger partial charge is 1.00 e. The van der Waals surface area contributed by atoms with E-state index in [0.717, 1.165) is 0 Å². The van der Waals surface area contributed by atoms with Crippen molar-refractivity contribution >= 4 is 7.27 Å². The summed E-state index contributed by atoms with van der Waals surface area (Å²) in [6, 6.07) is 0. The molecule has 0 radical (unpaired) electrons. The van der Waals surface area contributed by atoms with Gasteiger partial charge in [0, 0.05) is 5.94 Å². The van der Waals surface area contributed by atoms with Gasteiger partial charge >= 0.3 is 58.7 Å². The molecule has 8 heavy (non-hydrogen) atoms. The Bertz CT molecular complexity index is 38.3. The molecule has 0 heterocycles. The van der Waals surface area contributed by atoms with Crippen molar-refractivity contribution in [3.05, 3.63) is 0 Å². The summed E-state index contributed by atoms with van der Waals surface area (Å²) in [6.07, 6.45) is 0. The van der Waals surface area contributed by atoms with Gasteiger partial charge in [0.05, 0.1) is 0 Å². The van der Waals surface area contributed by atoms with E-state index in [0.29, 0.717) is 0 Å². The van der Waals surface area contributed by atoms with Crippen LogP contribution in [0.1, 0.15) is 6.92 Å². The third-order valence-electron chi connectivity index (χ3n) is 0.397. The SMILES string of the molecule is CC(N)B(F)F.[F-].[K+]. The summed E-state index contributed by atoms with van der Waals surface area (Å²) in [6.45, 7) is 1.27. The molecule has 1 nitrogen and oxygen atoms in total. The van der Waals surface area contributed by atoms with Crippen LogP contribution >= 0.6 is 0 Å². The summed E-state index contributed by atoms with van der Waals surface area (Å²) in [5, 5.41) is 0. The van der Waals surface area contributed by atoms with Gasteiger partial charge in [-0.1, -0.05) is 6.92 Å². The summed E-state index contributed by atoms with van der Waals surface area (Å²) < 4.78 is 22.1. The smallest absolute Gasteiger partial charge is 1.00 e. The molecule has 0 aliphatic carbocycles. The van der Waals surface area contributed by atoms with Gasteiger partial charge in [0.15, 0.2) is 0 Å². The predicted octanol–water partition coefficient (Wildman–Crippen LogP) is -5.69. The molecule has 2 N–H and O–H groups in total. The van der Waals surface area contributed by atoms with Gasteiger partial charge in [-0.25, -0.2) is 0 Å². The van der Waals surface area contributed by atoms with Gasteiger partial charge in [-0.3, -0.25) is 8.63 Å². The zero-order valence-electron chi connectivity index (χ0n) is 4.87. The maximum absolute atomic E-state index is 11.0. The molecule has 0 saturated heterocycles. The van der Waals surface area contributed by atoms with E-state index >= 15 is 0 Å². The third-order valence-corrected chi connectivity index (χ3v) is 0.397. The fraction of sp³-hybridized carbons (Fsp3) is 1.00. The average Bonchev–Trinajstić information content (AvgIpc) is 1.36. The first-order valence-electron chi connectivity index (χ1n) is 1.68. The molecular weight excluding hydrogens is 145 g/mol. The fourth-order valence-corrected chi connectivity index (χ4v) is 0. The zero-order valence-corrected chi connectivity index (χ0v) is 7.99. The predicted molar refractivity (Wildman–Crippen MR) is 21.6 cm³/mol. The zero-order chi connectivity index (χ0) is 5.15. The molecule has 0 aromatic carbocycles. The molecule has 0 saturated carbocycles. The van der Waals surface area contributed by atoms with Crippen molar-refractivity contribution in [2.24, 2.45) is 5.73 Å². The molecule has 0 bridgehead atoms. The topological polar surface area (TPSA) is 26.0 Å². The standard InChI is InChI=1S/C2H6BF2N.FH.K/c1-2(6)3(4)5;;/h2H,6H2,1H3;1H;/q;;+1/p-1. The molecule has 1 atom stereocenters. The second kappa shape index (κ2) is 8.45. The maximum atomic E-state index is 11.0. The van der Waals surface area contributed by atoms with E-state index in [1.165, 1.54) is 6.92 Å². The molecule has 0 amide bonds. The monoisotopic (exact) mass is 151 g/mol. The van der Waals surface area contributed by atoms with Crippen LogP contribution in [0.3, 0.4) is 0 Å². The summed E-state index contributed by atoms with van der Waals surface area (Å²) in [7, 11) is -2.37. The van der Waals surface area contributed by atoms with Crippen molar-refractivity contribution in [2.45, 2.75) is 12.9 Å². The van der Waals surface area contributed by atoms with Crippen molar-refractivity contribution in [3.8, 4) is 0 Å².